The van der Waals surface area contributed by atoms with Crippen LogP contribution in [0.1, 0.15) is 85.5 Å². The summed E-state index contributed by atoms with van der Waals surface area (Å²) in [5.41, 5.74) is 1.63. The fourth-order valence-corrected chi connectivity index (χ4v) is 8.61. The second-order valence-electron chi connectivity index (χ2n) is 12.1. The zero-order chi connectivity index (χ0) is 22.6. The predicted molar refractivity (Wildman–Crippen MR) is 122 cm³/mol. The van der Waals surface area contributed by atoms with Gasteiger partial charge in [0.05, 0.1) is 12.2 Å². The van der Waals surface area contributed by atoms with Crippen LogP contribution < -0.4 is 0 Å². The smallest absolute Gasteiger partial charge is 0.155 e. The largest absolute Gasteiger partial charge is 0.396 e. The molecule has 4 aliphatic rings. The Kier molecular flexibility index (Phi) is 6.48. The summed E-state index contributed by atoms with van der Waals surface area (Å²) >= 11 is 0. The normalized spacial score (nSPS) is 45.2. The molecule has 0 aliphatic heterocycles. The lowest BCUT2D eigenvalue weighted by Crippen LogP contribution is -2.51. The number of carbonyl (C=O) groups is 1. The predicted octanol–water partition coefficient (Wildman–Crippen LogP) is 4.51. The molecule has 10 unspecified atom stereocenters. The van der Waals surface area contributed by atoms with Crippen molar-refractivity contribution in [3.63, 3.8) is 0 Å². The van der Waals surface area contributed by atoms with Crippen LogP contribution in [-0.2, 0) is 4.79 Å². The van der Waals surface area contributed by atoms with Crippen LogP contribution in [0.5, 0.6) is 0 Å². The van der Waals surface area contributed by atoms with Gasteiger partial charge in [0, 0.05) is 13.0 Å². The molecular formula is C27H44O4. The van der Waals surface area contributed by atoms with Crippen molar-refractivity contribution in [1.29, 1.82) is 0 Å². The Bertz CT molecular complexity index is 716. The fourth-order valence-electron chi connectivity index (χ4n) is 8.61. The topological polar surface area (TPSA) is 77.8 Å². The number of allylic oxidation sites excluding steroid dienone is 1. The quantitative estimate of drug-likeness (QED) is 0.577. The molecule has 0 aromatic carbocycles. The van der Waals surface area contributed by atoms with Crippen LogP contribution in [0.3, 0.4) is 0 Å². The Morgan fingerprint density at radius 2 is 1.84 bits per heavy atom. The maximum Gasteiger partial charge on any atom is 0.155 e. The Morgan fingerprint density at radius 3 is 2.55 bits per heavy atom. The molecule has 31 heavy (non-hydrogen) atoms. The minimum atomic E-state index is -0.426. The molecule has 0 spiro atoms. The average Bonchev–Trinajstić information content (AvgIpc) is 3.01. The Labute approximate surface area is 188 Å². The van der Waals surface area contributed by atoms with Gasteiger partial charge in [-0.25, -0.2) is 0 Å². The van der Waals surface area contributed by atoms with Crippen LogP contribution >= 0.6 is 0 Å². The number of aliphatic hydroxyl groups is 3. The van der Waals surface area contributed by atoms with Crippen LogP contribution in [0, 0.1) is 46.3 Å². The van der Waals surface area contributed by atoms with E-state index in [4.69, 9.17) is 0 Å². The van der Waals surface area contributed by atoms with E-state index in [1.807, 2.05) is 13.0 Å². The number of aliphatic hydroxyl groups excluding tert-OH is 3. The molecule has 0 aromatic rings. The summed E-state index contributed by atoms with van der Waals surface area (Å²) in [7, 11) is 0. The van der Waals surface area contributed by atoms with Gasteiger partial charge in [-0.15, -0.1) is 0 Å². The SMILES string of the molecule is CC(CO)CCC(O)C(C)C1C(O)CC2C3CCC4=CC(=O)CCC4(C)C3CCC21C. The molecule has 4 rings (SSSR count). The molecule has 0 saturated heterocycles. The number of fused-ring (bicyclic) bond motifs is 5. The van der Waals surface area contributed by atoms with Gasteiger partial charge in [-0.3, -0.25) is 4.79 Å². The van der Waals surface area contributed by atoms with E-state index in [0.717, 1.165) is 38.5 Å². The van der Waals surface area contributed by atoms with E-state index in [1.165, 1.54) is 12.0 Å². The van der Waals surface area contributed by atoms with Crippen molar-refractivity contribution in [2.75, 3.05) is 6.61 Å². The molecule has 3 saturated carbocycles. The van der Waals surface area contributed by atoms with Gasteiger partial charge in [0.1, 0.15) is 0 Å². The summed E-state index contributed by atoms with van der Waals surface area (Å²) in [5.74, 6) is 2.46. The van der Waals surface area contributed by atoms with Crippen molar-refractivity contribution >= 4 is 5.78 Å². The fraction of sp³-hybridized carbons (Fsp3) is 0.889. The molecule has 0 bridgehead atoms. The molecule has 4 nitrogen and oxygen atoms in total. The first kappa shape index (κ1) is 23.4. The van der Waals surface area contributed by atoms with Crippen LogP contribution in [0.2, 0.25) is 0 Å². The number of carbonyl (C=O) groups excluding carboxylic acids is 1. The lowest BCUT2D eigenvalue weighted by Gasteiger charge is -2.58. The van der Waals surface area contributed by atoms with E-state index >= 15 is 0 Å². The zero-order valence-corrected chi connectivity index (χ0v) is 20.0. The highest BCUT2D eigenvalue weighted by Crippen LogP contribution is 2.67. The molecule has 0 radical (unpaired) electrons. The second-order valence-corrected chi connectivity index (χ2v) is 12.1. The van der Waals surface area contributed by atoms with Crippen molar-refractivity contribution in [2.24, 2.45) is 46.3 Å². The van der Waals surface area contributed by atoms with E-state index in [1.54, 1.807) is 0 Å². The molecule has 0 aromatic heterocycles. The molecule has 0 heterocycles. The number of hydrogen-bond acceptors (Lipinski definition) is 4. The molecular weight excluding hydrogens is 388 g/mol. The molecule has 3 fully saturated rings. The summed E-state index contributed by atoms with van der Waals surface area (Å²) in [5, 5.41) is 31.5. The first-order valence-electron chi connectivity index (χ1n) is 12.8. The van der Waals surface area contributed by atoms with Gasteiger partial charge in [-0.05, 0) is 104 Å². The highest BCUT2D eigenvalue weighted by molar-refractivity contribution is 5.91. The van der Waals surface area contributed by atoms with Crippen molar-refractivity contribution in [3.8, 4) is 0 Å². The summed E-state index contributed by atoms with van der Waals surface area (Å²) in [6.45, 7) is 9.12. The van der Waals surface area contributed by atoms with Crippen molar-refractivity contribution < 1.29 is 20.1 Å². The molecule has 0 amide bonds. The molecule has 176 valence electrons. The van der Waals surface area contributed by atoms with Crippen LogP contribution in [-0.4, -0.2) is 39.9 Å². The number of rotatable bonds is 6. The number of hydrogen-bond donors (Lipinski definition) is 3. The molecule has 4 heteroatoms. The maximum atomic E-state index is 12.0. The molecule has 3 N–H and O–H groups in total. The highest BCUT2D eigenvalue weighted by Gasteiger charge is 2.62. The van der Waals surface area contributed by atoms with E-state index in [2.05, 4.69) is 20.8 Å². The van der Waals surface area contributed by atoms with Gasteiger partial charge in [0.2, 0.25) is 0 Å². The van der Waals surface area contributed by atoms with E-state index in [9.17, 15) is 20.1 Å². The monoisotopic (exact) mass is 432 g/mol. The van der Waals surface area contributed by atoms with Crippen LogP contribution in [0.4, 0.5) is 0 Å². The van der Waals surface area contributed by atoms with Gasteiger partial charge >= 0.3 is 0 Å². The van der Waals surface area contributed by atoms with Gasteiger partial charge in [-0.1, -0.05) is 33.3 Å². The lowest BCUT2D eigenvalue weighted by molar-refractivity contribution is -0.118. The third-order valence-corrected chi connectivity index (χ3v) is 10.5. The van der Waals surface area contributed by atoms with Crippen molar-refractivity contribution in [3.05, 3.63) is 11.6 Å². The lowest BCUT2D eigenvalue weighted by atomic mass is 9.46. The Morgan fingerprint density at radius 1 is 1.10 bits per heavy atom. The first-order chi connectivity index (χ1) is 14.6. The van der Waals surface area contributed by atoms with Crippen LogP contribution in [0.15, 0.2) is 11.6 Å². The molecule has 10 atom stereocenters. The van der Waals surface area contributed by atoms with Gasteiger partial charge in [0.15, 0.2) is 5.78 Å². The van der Waals surface area contributed by atoms with Gasteiger partial charge < -0.3 is 15.3 Å². The average molecular weight is 433 g/mol. The minimum Gasteiger partial charge on any atom is -0.396 e. The Balaban J connectivity index is 1.53. The van der Waals surface area contributed by atoms with Crippen molar-refractivity contribution in [2.45, 2.75) is 97.7 Å². The van der Waals surface area contributed by atoms with E-state index in [-0.39, 0.29) is 41.3 Å². The number of ketones is 1. The first-order valence-corrected chi connectivity index (χ1v) is 12.8. The maximum absolute atomic E-state index is 12.0. The molecule has 4 aliphatic carbocycles. The third-order valence-electron chi connectivity index (χ3n) is 10.5. The van der Waals surface area contributed by atoms with Crippen LogP contribution in [0.25, 0.3) is 0 Å². The van der Waals surface area contributed by atoms with E-state index in [0.29, 0.717) is 36.4 Å². The summed E-state index contributed by atoms with van der Waals surface area (Å²) in [6.07, 6.45) is 9.72. The minimum absolute atomic E-state index is 0.0642. The summed E-state index contributed by atoms with van der Waals surface area (Å²) in [4.78, 5) is 12.0. The van der Waals surface area contributed by atoms with Crippen molar-refractivity contribution in [1.82, 2.24) is 0 Å². The Hall–Kier alpha value is -0.710. The third kappa shape index (κ3) is 3.85. The second kappa shape index (κ2) is 8.57. The van der Waals surface area contributed by atoms with Gasteiger partial charge in [0.25, 0.3) is 0 Å². The highest BCUT2D eigenvalue weighted by atomic mass is 16.3. The standard InChI is InChI=1S/C27H44O4/c1-16(15-28)5-8-23(30)17(2)25-24(31)14-22-20-7-6-18-13-19(29)9-11-26(18,3)21(20)10-12-27(22,25)4/h13,16-17,20-25,28,30-31H,5-12,14-15H2,1-4H3. The summed E-state index contributed by atoms with van der Waals surface area (Å²) in [6, 6.07) is 0. The summed E-state index contributed by atoms with van der Waals surface area (Å²) < 4.78 is 0. The zero-order valence-electron chi connectivity index (χ0n) is 20.0. The van der Waals surface area contributed by atoms with E-state index < -0.39 is 6.10 Å². The van der Waals surface area contributed by atoms with Gasteiger partial charge in [-0.2, -0.15) is 0 Å².